The molecule has 2 heterocycles. The van der Waals surface area contributed by atoms with Crippen molar-refractivity contribution in [2.75, 3.05) is 13.1 Å². The van der Waals surface area contributed by atoms with E-state index in [1.165, 1.54) is 24.8 Å². The molecule has 8 heteroatoms. The van der Waals surface area contributed by atoms with Gasteiger partial charge in [0.2, 0.25) is 0 Å². The number of guanidine groups is 1. The van der Waals surface area contributed by atoms with Gasteiger partial charge in [-0.2, -0.15) is 0 Å². The molecule has 2 N–H and O–H groups in total. The number of hydrogen-bond donors (Lipinski definition) is 2. The Hall–Kier alpha value is -1.35. The van der Waals surface area contributed by atoms with Crippen molar-refractivity contribution in [3.63, 3.8) is 0 Å². The Kier molecular flexibility index (Phi) is 9.87. The first-order valence-electron chi connectivity index (χ1n) is 10.6. The first kappa shape index (κ1) is 24.9. The molecule has 1 aromatic heterocycles. The van der Waals surface area contributed by atoms with Gasteiger partial charge in [-0.3, -0.25) is 0 Å². The zero-order chi connectivity index (χ0) is 20.7. The Labute approximate surface area is 202 Å². The van der Waals surface area contributed by atoms with Gasteiger partial charge in [0, 0.05) is 31.1 Å². The normalized spacial score (nSPS) is 14.5. The van der Waals surface area contributed by atoms with Crippen molar-refractivity contribution in [2.24, 2.45) is 10.4 Å². The second kappa shape index (κ2) is 11.9. The number of fused-ring (bicyclic) bond motifs is 1. The largest absolute Gasteiger partial charge is 0.357 e. The molecule has 0 saturated heterocycles. The van der Waals surface area contributed by atoms with Crippen LogP contribution in [0, 0.1) is 5.41 Å². The molecule has 0 spiro atoms. The van der Waals surface area contributed by atoms with Gasteiger partial charge in [-0.1, -0.05) is 44.0 Å². The van der Waals surface area contributed by atoms with Crippen molar-refractivity contribution < 1.29 is 0 Å². The van der Waals surface area contributed by atoms with Gasteiger partial charge < -0.3 is 15.2 Å². The van der Waals surface area contributed by atoms with E-state index in [1.54, 1.807) is 0 Å². The Morgan fingerprint density at radius 2 is 2.03 bits per heavy atom. The molecule has 0 radical (unpaired) electrons. The Bertz CT molecular complexity index is 833. The van der Waals surface area contributed by atoms with Crippen molar-refractivity contribution in [3.8, 4) is 0 Å². The minimum Gasteiger partial charge on any atom is -0.357 e. The third kappa shape index (κ3) is 7.41. The van der Waals surface area contributed by atoms with Crippen LogP contribution in [-0.4, -0.2) is 33.8 Å². The van der Waals surface area contributed by atoms with Crippen molar-refractivity contribution in [1.29, 1.82) is 0 Å². The lowest BCUT2D eigenvalue weighted by Gasteiger charge is -2.26. The number of nitrogens with one attached hydrogen (secondary N) is 2. The molecule has 0 bridgehead atoms. The molecule has 1 aliphatic heterocycles. The number of rotatable bonds is 7. The molecule has 166 valence electrons. The summed E-state index contributed by atoms with van der Waals surface area (Å²) >= 11 is 6.14. The molecular weight excluding hydrogens is 511 g/mol. The molecule has 0 unspecified atom stereocenters. The number of hydrogen-bond acceptors (Lipinski definition) is 3. The molecule has 0 aliphatic carbocycles. The fourth-order valence-corrected chi connectivity index (χ4v) is 3.95. The van der Waals surface area contributed by atoms with Gasteiger partial charge >= 0.3 is 0 Å². The molecule has 3 rings (SSSR count). The van der Waals surface area contributed by atoms with E-state index >= 15 is 0 Å². The van der Waals surface area contributed by atoms with Crippen LogP contribution in [0.3, 0.4) is 0 Å². The highest BCUT2D eigenvalue weighted by molar-refractivity contribution is 14.0. The second-order valence-electron chi connectivity index (χ2n) is 8.51. The van der Waals surface area contributed by atoms with E-state index < -0.39 is 0 Å². The van der Waals surface area contributed by atoms with Crippen LogP contribution in [-0.2, 0) is 25.9 Å². The average Bonchev–Trinajstić information content (AvgIpc) is 2.90. The lowest BCUT2D eigenvalue weighted by molar-refractivity contribution is 0.359. The van der Waals surface area contributed by atoms with Crippen LogP contribution >= 0.6 is 35.6 Å². The van der Waals surface area contributed by atoms with Gasteiger partial charge in [-0.15, -0.1) is 34.2 Å². The predicted octanol–water partition coefficient (Wildman–Crippen LogP) is 4.60. The van der Waals surface area contributed by atoms with Gasteiger partial charge in [0.1, 0.15) is 12.4 Å². The summed E-state index contributed by atoms with van der Waals surface area (Å²) in [6.45, 7) is 9.76. The van der Waals surface area contributed by atoms with Crippen molar-refractivity contribution in [1.82, 2.24) is 25.4 Å². The van der Waals surface area contributed by atoms with E-state index in [0.717, 1.165) is 55.1 Å². The van der Waals surface area contributed by atoms with Crippen LogP contribution in [0.1, 0.15) is 57.2 Å². The van der Waals surface area contributed by atoms with Crippen molar-refractivity contribution >= 4 is 41.5 Å². The SMILES string of the molecule is CCNC(=NCc1nnc2n1CCCCC2)NCC(C)(C)Cc1cccc(Cl)c1.I. The summed E-state index contributed by atoms with van der Waals surface area (Å²) in [6.07, 6.45) is 5.62. The number of benzene rings is 1. The van der Waals surface area contributed by atoms with E-state index in [0.29, 0.717) is 6.54 Å². The maximum atomic E-state index is 6.14. The number of aromatic nitrogens is 3. The van der Waals surface area contributed by atoms with Crippen molar-refractivity contribution in [3.05, 3.63) is 46.5 Å². The average molecular weight is 545 g/mol. The lowest BCUT2D eigenvalue weighted by Crippen LogP contribution is -2.42. The zero-order valence-corrected chi connectivity index (χ0v) is 21.3. The first-order valence-corrected chi connectivity index (χ1v) is 11.0. The van der Waals surface area contributed by atoms with Crippen LogP contribution in [0.5, 0.6) is 0 Å². The fraction of sp³-hybridized carbons (Fsp3) is 0.591. The monoisotopic (exact) mass is 544 g/mol. The second-order valence-corrected chi connectivity index (χ2v) is 8.95. The lowest BCUT2D eigenvalue weighted by atomic mass is 9.86. The maximum Gasteiger partial charge on any atom is 0.191 e. The van der Waals surface area contributed by atoms with Gasteiger partial charge in [-0.25, -0.2) is 4.99 Å². The highest BCUT2D eigenvalue weighted by atomic mass is 127. The van der Waals surface area contributed by atoms with Gasteiger partial charge in [0.15, 0.2) is 11.8 Å². The molecule has 6 nitrogen and oxygen atoms in total. The standard InChI is InChI=1S/C22H33ClN6.HI/c1-4-24-21(25-15-20-28-27-19-11-6-5-7-12-29(19)20)26-16-22(2,3)14-17-9-8-10-18(23)13-17;/h8-10,13H,4-7,11-12,14-16H2,1-3H3,(H2,24,25,26);1H. The molecule has 1 aromatic carbocycles. The van der Waals surface area contributed by atoms with E-state index in [2.05, 4.69) is 52.2 Å². The van der Waals surface area contributed by atoms with Crippen molar-refractivity contribution in [2.45, 2.75) is 66.0 Å². The van der Waals surface area contributed by atoms with E-state index in [1.807, 2.05) is 18.2 Å². The van der Waals surface area contributed by atoms with Gasteiger partial charge in [0.25, 0.3) is 0 Å². The maximum absolute atomic E-state index is 6.14. The predicted molar refractivity (Wildman–Crippen MR) is 135 cm³/mol. The number of aryl methyl sites for hydroxylation is 1. The molecule has 1 aliphatic rings. The first-order chi connectivity index (χ1) is 14.0. The number of halogens is 2. The van der Waals surface area contributed by atoms with E-state index in [9.17, 15) is 0 Å². The van der Waals surface area contributed by atoms with Crippen LogP contribution in [0.4, 0.5) is 0 Å². The quantitative estimate of drug-likeness (QED) is 0.304. The van der Waals surface area contributed by atoms with Crippen LogP contribution in [0.15, 0.2) is 29.3 Å². The highest BCUT2D eigenvalue weighted by Gasteiger charge is 2.20. The Morgan fingerprint density at radius 1 is 1.20 bits per heavy atom. The molecular formula is C22H34ClIN6. The fourth-order valence-electron chi connectivity index (χ4n) is 3.74. The summed E-state index contributed by atoms with van der Waals surface area (Å²) in [5.41, 5.74) is 1.31. The minimum absolute atomic E-state index is 0. The molecule has 0 fully saturated rings. The highest BCUT2D eigenvalue weighted by Crippen LogP contribution is 2.23. The minimum atomic E-state index is 0. The van der Waals surface area contributed by atoms with Crippen LogP contribution in [0.25, 0.3) is 0 Å². The third-order valence-corrected chi connectivity index (χ3v) is 5.45. The van der Waals surface area contributed by atoms with E-state index in [-0.39, 0.29) is 29.4 Å². The molecule has 0 amide bonds. The molecule has 0 atom stereocenters. The molecule has 2 aromatic rings. The zero-order valence-electron chi connectivity index (χ0n) is 18.2. The van der Waals surface area contributed by atoms with Gasteiger partial charge in [-0.05, 0) is 49.3 Å². The smallest absolute Gasteiger partial charge is 0.191 e. The summed E-state index contributed by atoms with van der Waals surface area (Å²) in [6, 6.07) is 8.09. The number of aliphatic imine (C=N–C) groups is 1. The summed E-state index contributed by atoms with van der Waals surface area (Å²) in [7, 11) is 0. The van der Waals surface area contributed by atoms with E-state index in [4.69, 9.17) is 16.6 Å². The summed E-state index contributed by atoms with van der Waals surface area (Å²) in [5.74, 6) is 2.88. The summed E-state index contributed by atoms with van der Waals surface area (Å²) < 4.78 is 2.25. The molecule has 0 saturated carbocycles. The topological polar surface area (TPSA) is 67.1 Å². The van der Waals surface area contributed by atoms with Gasteiger partial charge in [0.05, 0.1) is 0 Å². The number of nitrogens with zero attached hydrogens (tertiary/aromatic N) is 4. The Balaban J connectivity index is 0.00000320. The van der Waals surface area contributed by atoms with Crippen LogP contribution < -0.4 is 10.6 Å². The molecule has 30 heavy (non-hydrogen) atoms. The summed E-state index contributed by atoms with van der Waals surface area (Å²) in [4.78, 5) is 4.77. The van der Waals surface area contributed by atoms with Crippen LogP contribution in [0.2, 0.25) is 5.02 Å². The summed E-state index contributed by atoms with van der Waals surface area (Å²) in [5, 5.41) is 16.4. The Morgan fingerprint density at radius 3 is 2.80 bits per heavy atom. The third-order valence-electron chi connectivity index (χ3n) is 5.22.